The van der Waals surface area contributed by atoms with Crippen LogP contribution in [0.25, 0.3) is 16.3 Å². The molecule has 0 atom stereocenters. The molecule has 174 valence electrons. The molecule has 1 aliphatic rings. The summed E-state index contributed by atoms with van der Waals surface area (Å²) < 4.78 is 34.4. The lowest BCUT2D eigenvalue weighted by Crippen LogP contribution is -2.40. The molecule has 0 radical (unpaired) electrons. The summed E-state index contributed by atoms with van der Waals surface area (Å²) in [5.74, 6) is -0.369. The van der Waals surface area contributed by atoms with Crippen molar-refractivity contribution >= 4 is 33.0 Å². The van der Waals surface area contributed by atoms with Gasteiger partial charge in [-0.05, 0) is 41.8 Å². The average Bonchev–Trinajstić information content (AvgIpc) is 3.56. The van der Waals surface area contributed by atoms with Crippen LogP contribution in [0.5, 0.6) is 0 Å². The van der Waals surface area contributed by atoms with E-state index in [-0.39, 0.29) is 10.8 Å². The first kappa shape index (κ1) is 22.5. The third-order valence-corrected chi connectivity index (χ3v) is 8.21. The number of carbonyl (C=O) groups is 1. The minimum absolute atomic E-state index is 0.130. The van der Waals surface area contributed by atoms with Gasteiger partial charge in [0.05, 0.1) is 34.2 Å². The van der Waals surface area contributed by atoms with Gasteiger partial charge in [-0.25, -0.2) is 13.1 Å². The highest BCUT2D eigenvalue weighted by molar-refractivity contribution is 7.89. The number of thiophene rings is 1. The van der Waals surface area contributed by atoms with Crippen LogP contribution in [0, 0.1) is 0 Å². The summed E-state index contributed by atoms with van der Waals surface area (Å²) in [5, 5.41) is 9.43. The molecule has 1 fully saturated rings. The Morgan fingerprint density at radius 2 is 1.79 bits per heavy atom. The second-order valence-corrected chi connectivity index (χ2v) is 10.5. The first-order valence-corrected chi connectivity index (χ1v) is 13.0. The van der Waals surface area contributed by atoms with Crippen LogP contribution in [0.4, 0.5) is 5.69 Å². The lowest BCUT2D eigenvalue weighted by Gasteiger charge is -2.26. The molecule has 0 spiro atoms. The number of para-hydroxylation sites is 1. The second kappa shape index (κ2) is 9.51. The second-order valence-electron chi connectivity index (χ2n) is 7.65. The Morgan fingerprint density at radius 3 is 2.53 bits per heavy atom. The number of nitrogens with zero attached hydrogens (tertiary/aromatic N) is 3. The summed E-state index contributed by atoms with van der Waals surface area (Å²) in [6, 6.07) is 19.7. The number of hydrogen-bond donors (Lipinski definition) is 1. The van der Waals surface area contributed by atoms with E-state index in [0.717, 1.165) is 10.6 Å². The van der Waals surface area contributed by atoms with Gasteiger partial charge >= 0.3 is 0 Å². The van der Waals surface area contributed by atoms with Gasteiger partial charge in [-0.2, -0.15) is 9.40 Å². The Morgan fingerprint density at radius 1 is 1.00 bits per heavy atom. The molecule has 0 bridgehead atoms. The quantitative estimate of drug-likeness (QED) is 0.439. The third-order valence-electron chi connectivity index (χ3n) is 5.43. The van der Waals surface area contributed by atoms with E-state index in [1.165, 1.54) is 27.8 Å². The molecule has 34 heavy (non-hydrogen) atoms. The standard InChI is InChI=1S/C24H22N4O4S2/c29-24(25-18-6-4-9-20(16-18)34(30,31)27-11-13-32-14-12-27)21-17-28(19-7-2-1-3-8-19)26-23(21)22-10-5-15-33-22/h1-10,15-17H,11-14H2,(H,25,29). The molecule has 1 N–H and O–H groups in total. The predicted octanol–water partition coefficient (Wildman–Crippen LogP) is 3.87. The molecule has 8 nitrogen and oxygen atoms in total. The number of morpholine rings is 1. The fourth-order valence-electron chi connectivity index (χ4n) is 3.72. The van der Waals surface area contributed by atoms with Gasteiger partial charge in [0, 0.05) is 25.0 Å². The van der Waals surface area contributed by atoms with Crippen LogP contribution in [0.15, 0.2) is 83.2 Å². The smallest absolute Gasteiger partial charge is 0.259 e. The third kappa shape index (κ3) is 4.53. The summed E-state index contributed by atoms with van der Waals surface area (Å²) >= 11 is 1.49. The monoisotopic (exact) mass is 494 g/mol. The van der Waals surface area contributed by atoms with Crippen LogP contribution in [0.2, 0.25) is 0 Å². The number of carbonyl (C=O) groups excluding carboxylic acids is 1. The maximum Gasteiger partial charge on any atom is 0.259 e. The van der Waals surface area contributed by atoms with Gasteiger partial charge in [0.15, 0.2) is 0 Å². The Kier molecular flexibility index (Phi) is 6.29. The SMILES string of the molecule is O=C(Nc1cccc(S(=O)(=O)N2CCOCC2)c1)c1cn(-c2ccccc2)nc1-c1cccs1. The van der Waals surface area contributed by atoms with Crippen molar-refractivity contribution in [3.8, 4) is 16.3 Å². The molecular weight excluding hydrogens is 472 g/mol. The molecule has 3 heterocycles. The van der Waals surface area contributed by atoms with Crippen molar-refractivity contribution < 1.29 is 17.9 Å². The van der Waals surface area contributed by atoms with E-state index in [1.807, 2.05) is 47.8 Å². The fourth-order valence-corrected chi connectivity index (χ4v) is 5.89. The molecule has 1 aliphatic heterocycles. The minimum Gasteiger partial charge on any atom is -0.379 e. The maximum atomic E-state index is 13.3. The van der Waals surface area contributed by atoms with E-state index < -0.39 is 10.0 Å². The Balaban J connectivity index is 1.45. The van der Waals surface area contributed by atoms with Crippen LogP contribution in [-0.4, -0.2) is 54.7 Å². The van der Waals surface area contributed by atoms with Crippen LogP contribution in [0.1, 0.15) is 10.4 Å². The fraction of sp³-hybridized carbons (Fsp3) is 0.167. The van der Waals surface area contributed by atoms with E-state index in [2.05, 4.69) is 10.4 Å². The number of amides is 1. The molecule has 0 unspecified atom stereocenters. The Labute approximate surface area is 201 Å². The summed E-state index contributed by atoms with van der Waals surface area (Å²) in [7, 11) is -3.67. The molecule has 5 rings (SSSR count). The van der Waals surface area contributed by atoms with Gasteiger partial charge in [0.1, 0.15) is 5.69 Å². The van der Waals surface area contributed by atoms with Crippen molar-refractivity contribution in [2.45, 2.75) is 4.90 Å². The van der Waals surface area contributed by atoms with Gasteiger partial charge in [0.25, 0.3) is 5.91 Å². The van der Waals surface area contributed by atoms with Gasteiger partial charge in [0.2, 0.25) is 10.0 Å². The van der Waals surface area contributed by atoms with Crippen molar-refractivity contribution in [2.75, 3.05) is 31.6 Å². The summed E-state index contributed by atoms with van der Waals surface area (Å²) in [6.07, 6.45) is 1.69. The minimum atomic E-state index is -3.67. The molecule has 0 saturated carbocycles. The topological polar surface area (TPSA) is 93.5 Å². The maximum absolute atomic E-state index is 13.3. The number of ether oxygens (including phenoxy) is 1. The summed E-state index contributed by atoms with van der Waals surface area (Å²) in [6.45, 7) is 1.35. The van der Waals surface area contributed by atoms with Crippen molar-refractivity contribution in [3.05, 3.63) is 83.9 Å². The molecule has 1 amide bonds. The van der Waals surface area contributed by atoms with E-state index in [1.54, 1.807) is 23.0 Å². The van der Waals surface area contributed by atoms with Gasteiger partial charge in [-0.1, -0.05) is 30.3 Å². The molecule has 4 aromatic rings. The average molecular weight is 495 g/mol. The lowest BCUT2D eigenvalue weighted by atomic mass is 10.2. The molecule has 1 saturated heterocycles. The van der Waals surface area contributed by atoms with Crippen LogP contribution >= 0.6 is 11.3 Å². The van der Waals surface area contributed by atoms with Gasteiger partial charge < -0.3 is 10.1 Å². The Hall–Kier alpha value is -3.31. The number of nitrogens with one attached hydrogen (secondary N) is 1. The number of sulfonamides is 1. The number of rotatable bonds is 6. The first-order valence-electron chi connectivity index (χ1n) is 10.7. The Bertz CT molecular complexity index is 1390. The molecule has 0 aliphatic carbocycles. The number of hydrogen-bond acceptors (Lipinski definition) is 6. The van der Waals surface area contributed by atoms with Gasteiger partial charge in [-0.15, -0.1) is 11.3 Å². The lowest BCUT2D eigenvalue weighted by molar-refractivity contribution is 0.0730. The highest BCUT2D eigenvalue weighted by atomic mass is 32.2. The molecule has 10 heteroatoms. The molecule has 2 aromatic heterocycles. The normalized spacial score (nSPS) is 14.7. The molecule has 2 aromatic carbocycles. The van der Waals surface area contributed by atoms with Crippen LogP contribution in [-0.2, 0) is 14.8 Å². The highest BCUT2D eigenvalue weighted by Crippen LogP contribution is 2.29. The zero-order valence-electron chi connectivity index (χ0n) is 18.1. The number of anilines is 1. The van der Waals surface area contributed by atoms with E-state index in [0.29, 0.717) is 43.2 Å². The van der Waals surface area contributed by atoms with Crippen molar-refractivity contribution in [1.29, 1.82) is 0 Å². The van der Waals surface area contributed by atoms with E-state index in [4.69, 9.17) is 4.74 Å². The highest BCUT2D eigenvalue weighted by Gasteiger charge is 2.27. The van der Waals surface area contributed by atoms with Crippen molar-refractivity contribution in [1.82, 2.24) is 14.1 Å². The summed E-state index contributed by atoms with van der Waals surface area (Å²) in [5.41, 5.74) is 2.18. The van der Waals surface area contributed by atoms with Crippen LogP contribution < -0.4 is 5.32 Å². The van der Waals surface area contributed by atoms with Crippen LogP contribution in [0.3, 0.4) is 0 Å². The number of aromatic nitrogens is 2. The predicted molar refractivity (Wildman–Crippen MR) is 131 cm³/mol. The summed E-state index contributed by atoms with van der Waals surface area (Å²) in [4.78, 5) is 14.3. The first-order chi connectivity index (χ1) is 16.5. The van der Waals surface area contributed by atoms with Crippen molar-refractivity contribution in [2.24, 2.45) is 0 Å². The zero-order valence-corrected chi connectivity index (χ0v) is 19.8. The largest absolute Gasteiger partial charge is 0.379 e. The van der Waals surface area contributed by atoms with Gasteiger partial charge in [-0.3, -0.25) is 4.79 Å². The molecular formula is C24H22N4O4S2. The zero-order chi connectivity index (χ0) is 23.5. The van der Waals surface area contributed by atoms with E-state index in [9.17, 15) is 13.2 Å². The van der Waals surface area contributed by atoms with E-state index >= 15 is 0 Å². The number of benzene rings is 2. The van der Waals surface area contributed by atoms with Crippen molar-refractivity contribution in [3.63, 3.8) is 0 Å².